The maximum absolute atomic E-state index is 13.9. The van der Waals surface area contributed by atoms with Gasteiger partial charge in [-0.05, 0) is 31.2 Å². The third-order valence-corrected chi connectivity index (χ3v) is 6.95. The van der Waals surface area contributed by atoms with Crippen molar-refractivity contribution in [2.24, 2.45) is 0 Å². The van der Waals surface area contributed by atoms with E-state index in [9.17, 15) is 17.6 Å². The number of sulfonamides is 1. The normalized spacial score (nSPS) is 16.9. The van der Waals surface area contributed by atoms with E-state index in [1.54, 1.807) is 25.1 Å². The van der Waals surface area contributed by atoms with Crippen LogP contribution in [0, 0.1) is 5.82 Å². The topological polar surface area (TPSA) is 79.0 Å². The van der Waals surface area contributed by atoms with Crippen molar-refractivity contribution in [1.82, 2.24) is 9.21 Å². The fourth-order valence-corrected chi connectivity index (χ4v) is 4.76. The molecule has 0 aromatic heterocycles. The van der Waals surface area contributed by atoms with E-state index in [0.29, 0.717) is 24.5 Å². The van der Waals surface area contributed by atoms with E-state index in [1.165, 1.54) is 29.6 Å². The van der Waals surface area contributed by atoms with E-state index in [-0.39, 0.29) is 23.9 Å². The molecule has 0 saturated carbocycles. The van der Waals surface area contributed by atoms with Gasteiger partial charge in [0, 0.05) is 26.2 Å². The van der Waals surface area contributed by atoms with Gasteiger partial charge in [0.1, 0.15) is 16.5 Å². The van der Waals surface area contributed by atoms with Crippen LogP contribution in [0.3, 0.4) is 0 Å². The lowest BCUT2D eigenvalue weighted by atomic mass is 10.2. The fraction of sp³-hybridized carbons (Fsp3) is 0.350. The Balaban J connectivity index is 1.63. The van der Waals surface area contributed by atoms with Gasteiger partial charge in [-0.25, -0.2) is 12.8 Å². The summed E-state index contributed by atoms with van der Waals surface area (Å²) in [5.41, 5.74) is 0.576. The van der Waals surface area contributed by atoms with E-state index < -0.39 is 21.9 Å². The number of amides is 1. The van der Waals surface area contributed by atoms with Crippen molar-refractivity contribution in [3.05, 3.63) is 54.3 Å². The van der Waals surface area contributed by atoms with Gasteiger partial charge in [-0.1, -0.05) is 24.3 Å². The number of anilines is 1. The summed E-state index contributed by atoms with van der Waals surface area (Å²) in [6, 6.07) is 12.0. The van der Waals surface area contributed by atoms with Gasteiger partial charge in [0.25, 0.3) is 0 Å². The molecule has 3 rings (SSSR count). The summed E-state index contributed by atoms with van der Waals surface area (Å²) in [5, 5.41) is 2.85. The van der Waals surface area contributed by atoms with Crippen molar-refractivity contribution in [2.75, 3.05) is 38.6 Å². The van der Waals surface area contributed by atoms with E-state index in [1.807, 2.05) is 11.0 Å². The number of ether oxygens (including phenoxy) is 1. The average Bonchev–Trinajstić information content (AvgIpc) is 2.73. The summed E-state index contributed by atoms with van der Waals surface area (Å²) in [6.45, 7) is 2.88. The molecule has 0 radical (unpaired) electrons. The third kappa shape index (κ3) is 4.58. The molecule has 1 aliphatic heterocycles. The third-order valence-electron chi connectivity index (χ3n) is 5.02. The largest absolute Gasteiger partial charge is 0.495 e. The first-order chi connectivity index (χ1) is 13.8. The summed E-state index contributed by atoms with van der Waals surface area (Å²) in [6.07, 6.45) is 0. The zero-order valence-electron chi connectivity index (χ0n) is 16.3. The van der Waals surface area contributed by atoms with Gasteiger partial charge >= 0.3 is 0 Å². The predicted octanol–water partition coefficient (Wildman–Crippen LogP) is 2.17. The number of nitrogens with one attached hydrogen (secondary N) is 1. The monoisotopic (exact) mass is 421 g/mol. The molecule has 1 fully saturated rings. The summed E-state index contributed by atoms with van der Waals surface area (Å²) in [7, 11) is -2.37. The number of rotatable bonds is 6. The molecule has 2 aromatic rings. The molecule has 0 aliphatic carbocycles. The van der Waals surface area contributed by atoms with Gasteiger partial charge in [0.15, 0.2) is 0 Å². The fourth-order valence-electron chi connectivity index (χ4n) is 3.28. The number of nitrogens with zero attached hydrogens (tertiary/aromatic N) is 2. The first-order valence-electron chi connectivity index (χ1n) is 9.27. The average molecular weight is 421 g/mol. The minimum atomic E-state index is -3.91. The Morgan fingerprint density at radius 3 is 2.34 bits per heavy atom. The van der Waals surface area contributed by atoms with Gasteiger partial charge in [-0.15, -0.1) is 0 Å². The number of hydrogen-bond donors (Lipinski definition) is 1. The van der Waals surface area contributed by atoms with E-state index in [4.69, 9.17) is 4.74 Å². The van der Waals surface area contributed by atoms with Gasteiger partial charge in [0.05, 0.1) is 18.8 Å². The number of benzene rings is 2. The molecule has 2 aromatic carbocycles. The number of carbonyl (C=O) groups excluding carboxylic acids is 1. The molecule has 1 amide bonds. The smallest absolute Gasteiger partial charge is 0.246 e. The van der Waals surface area contributed by atoms with Crippen LogP contribution in [0.5, 0.6) is 5.75 Å². The number of methoxy groups -OCH3 is 1. The molecule has 0 bridgehead atoms. The lowest BCUT2D eigenvalue weighted by Gasteiger charge is -2.36. The quantitative estimate of drug-likeness (QED) is 0.773. The maximum Gasteiger partial charge on any atom is 0.246 e. The van der Waals surface area contributed by atoms with Crippen LogP contribution in [0.15, 0.2) is 53.4 Å². The van der Waals surface area contributed by atoms with Crippen molar-refractivity contribution >= 4 is 21.6 Å². The molecule has 1 aliphatic rings. The van der Waals surface area contributed by atoms with Gasteiger partial charge in [-0.2, -0.15) is 4.31 Å². The van der Waals surface area contributed by atoms with Gasteiger partial charge < -0.3 is 10.1 Å². The first kappa shape index (κ1) is 21.2. The number of carbonyl (C=O) groups is 1. The molecule has 1 heterocycles. The number of hydrogen-bond acceptors (Lipinski definition) is 5. The number of para-hydroxylation sites is 2. The zero-order chi connectivity index (χ0) is 21.0. The zero-order valence-corrected chi connectivity index (χ0v) is 17.2. The molecule has 1 N–H and O–H groups in total. The van der Waals surface area contributed by atoms with Crippen LogP contribution >= 0.6 is 0 Å². The summed E-state index contributed by atoms with van der Waals surface area (Å²) < 4.78 is 45.8. The van der Waals surface area contributed by atoms with E-state index in [0.717, 1.165) is 6.07 Å². The predicted molar refractivity (Wildman–Crippen MR) is 108 cm³/mol. The molecule has 0 spiro atoms. The highest BCUT2D eigenvalue weighted by Crippen LogP contribution is 2.24. The summed E-state index contributed by atoms with van der Waals surface area (Å²) in [4.78, 5) is 14.2. The Kier molecular flexibility index (Phi) is 6.51. The first-order valence-corrected chi connectivity index (χ1v) is 10.7. The highest BCUT2D eigenvalue weighted by molar-refractivity contribution is 7.89. The Morgan fingerprint density at radius 2 is 1.69 bits per heavy atom. The van der Waals surface area contributed by atoms with Crippen LogP contribution in [-0.2, 0) is 14.8 Å². The molecule has 29 heavy (non-hydrogen) atoms. The van der Waals surface area contributed by atoms with Crippen molar-refractivity contribution < 1.29 is 22.3 Å². The Morgan fingerprint density at radius 1 is 1.07 bits per heavy atom. The molecular formula is C20H24FN3O4S. The molecule has 1 saturated heterocycles. The van der Waals surface area contributed by atoms with E-state index >= 15 is 0 Å². The second-order valence-electron chi connectivity index (χ2n) is 6.74. The highest BCUT2D eigenvalue weighted by Gasteiger charge is 2.33. The summed E-state index contributed by atoms with van der Waals surface area (Å²) in [5.74, 6) is -0.409. The van der Waals surface area contributed by atoms with Crippen LogP contribution in [0.2, 0.25) is 0 Å². The lowest BCUT2D eigenvalue weighted by Crippen LogP contribution is -2.54. The lowest BCUT2D eigenvalue weighted by molar-refractivity contribution is -0.121. The number of piperazine rings is 1. The van der Waals surface area contributed by atoms with Crippen molar-refractivity contribution in [1.29, 1.82) is 0 Å². The molecule has 7 nitrogen and oxygen atoms in total. The maximum atomic E-state index is 13.9. The SMILES string of the molecule is COc1ccccc1NC(=O)[C@H](C)N1CCN(S(=O)(=O)c2ccccc2F)CC1. The summed E-state index contributed by atoms with van der Waals surface area (Å²) >= 11 is 0. The van der Waals surface area contributed by atoms with Crippen molar-refractivity contribution in [3.8, 4) is 5.75 Å². The van der Waals surface area contributed by atoms with Crippen LogP contribution < -0.4 is 10.1 Å². The van der Waals surface area contributed by atoms with Crippen LogP contribution in [0.1, 0.15) is 6.92 Å². The Hall–Kier alpha value is -2.49. The Labute approximate surface area is 170 Å². The van der Waals surface area contributed by atoms with Crippen LogP contribution in [-0.4, -0.2) is 62.9 Å². The van der Waals surface area contributed by atoms with Crippen molar-refractivity contribution in [2.45, 2.75) is 17.9 Å². The Bertz CT molecular complexity index is 975. The molecule has 1 atom stereocenters. The molecule has 156 valence electrons. The number of halogens is 1. The minimum absolute atomic E-state index is 0.183. The molecule has 9 heteroatoms. The van der Waals surface area contributed by atoms with Gasteiger partial charge in [0.2, 0.25) is 15.9 Å². The van der Waals surface area contributed by atoms with Gasteiger partial charge in [-0.3, -0.25) is 9.69 Å². The van der Waals surface area contributed by atoms with Crippen LogP contribution in [0.25, 0.3) is 0 Å². The standard InChI is InChI=1S/C20H24FN3O4S/c1-15(20(25)22-17-8-4-5-9-18(17)28-2)23-11-13-24(14-12-23)29(26,27)19-10-6-3-7-16(19)21/h3-10,15H,11-14H2,1-2H3,(H,22,25)/t15-/m0/s1. The second kappa shape index (κ2) is 8.89. The molecular weight excluding hydrogens is 397 g/mol. The minimum Gasteiger partial charge on any atom is -0.495 e. The van der Waals surface area contributed by atoms with Crippen molar-refractivity contribution in [3.63, 3.8) is 0 Å². The highest BCUT2D eigenvalue weighted by atomic mass is 32.2. The van der Waals surface area contributed by atoms with Crippen LogP contribution in [0.4, 0.5) is 10.1 Å². The van der Waals surface area contributed by atoms with E-state index in [2.05, 4.69) is 5.32 Å². The second-order valence-corrected chi connectivity index (χ2v) is 8.64. The molecule has 0 unspecified atom stereocenters.